The van der Waals surface area contributed by atoms with Crippen LogP contribution in [0.3, 0.4) is 0 Å². The fourth-order valence-corrected chi connectivity index (χ4v) is 6.80. The van der Waals surface area contributed by atoms with E-state index in [0.29, 0.717) is 56.3 Å². The monoisotopic (exact) mass is 839 g/mol. The number of amides is 5. The Hall–Kier alpha value is -6.33. The van der Waals surface area contributed by atoms with Gasteiger partial charge in [-0.25, -0.2) is 14.8 Å². The number of aryl methyl sites for hydroxylation is 1. The van der Waals surface area contributed by atoms with E-state index >= 15 is 0 Å². The largest absolute Gasteiger partial charge is 0.443 e. The molecule has 4 fully saturated rings. The van der Waals surface area contributed by atoms with Gasteiger partial charge in [-0.15, -0.1) is 0 Å². The van der Waals surface area contributed by atoms with Crippen molar-refractivity contribution in [3.05, 3.63) is 80.7 Å². The van der Waals surface area contributed by atoms with Crippen molar-refractivity contribution in [3.8, 4) is 0 Å². The number of anilines is 4. The number of carbonyl (C=O) groups excluding carboxylic acids is 5. The third-order valence-corrected chi connectivity index (χ3v) is 9.99. The zero-order valence-corrected chi connectivity index (χ0v) is 33.9. The molecule has 5 aromatic rings. The van der Waals surface area contributed by atoms with Gasteiger partial charge in [-0.1, -0.05) is 29.3 Å². The fraction of sp³-hybridized carbons (Fsp3) is 0.325. The molecule has 5 amide bonds. The molecule has 6 heterocycles. The van der Waals surface area contributed by atoms with E-state index in [-0.39, 0.29) is 41.8 Å². The van der Waals surface area contributed by atoms with Crippen LogP contribution in [0, 0.1) is 6.92 Å². The molecule has 2 aliphatic heterocycles. The maximum absolute atomic E-state index is 12.9. The van der Waals surface area contributed by atoms with Crippen molar-refractivity contribution in [3.63, 3.8) is 0 Å². The Morgan fingerprint density at radius 2 is 1.47 bits per heavy atom. The number of fused-ring (bicyclic) bond motifs is 2. The normalized spacial score (nSPS) is 18.0. The summed E-state index contributed by atoms with van der Waals surface area (Å²) < 4.78 is 8.77. The van der Waals surface area contributed by atoms with Gasteiger partial charge in [0.15, 0.2) is 11.3 Å². The van der Waals surface area contributed by atoms with E-state index in [1.54, 1.807) is 54.6 Å². The first kappa shape index (κ1) is 39.5. The van der Waals surface area contributed by atoms with Crippen LogP contribution in [0.1, 0.15) is 76.0 Å². The van der Waals surface area contributed by atoms with Crippen molar-refractivity contribution in [1.82, 2.24) is 39.8 Å². The summed E-state index contributed by atoms with van der Waals surface area (Å²) in [6, 6.07) is 9.60. The number of benzene rings is 1. The molecule has 59 heavy (non-hydrogen) atoms. The second-order valence-corrected chi connectivity index (χ2v) is 16.5. The highest BCUT2D eigenvalue weighted by Crippen LogP contribution is 2.35. The zero-order valence-electron chi connectivity index (χ0n) is 32.4. The predicted molar refractivity (Wildman–Crippen MR) is 220 cm³/mol. The number of nitrogens with one attached hydrogen (secondary N) is 4. The topological polar surface area (TPSA) is 206 Å². The maximum atomic E-state index is 12.9. The van der Waals surface area contributed by atoms with Crippen molar-refractivity contribution < 1.29 is 28.7 Å². The molecule has 2 aliphatic carbocycles. The van der Waals surface area contributed by atoms with Gasteiger partial charge in [0.2, 0.25) is 11.8 Å². The minimum Gasteiger partial charge on any atom is -0.443 e. The van der Waals surface area contributed by atoms with Gasteiger partial charge in [0, 0.05) is 46.5 Å². The summed E-state index contributed by atoms with van der Waals surface area (Å²) in [5, 5.41) is 20.8. The lowest BCUT2D eigenvalue weighted by Crippen LogP contribution is -2.39. The summed E-state index contributed by atoms with van der Waals surface area (Å²) in [6.45, 7) is 7.40. The Balaban J connectivity index is 0.000000164. The van der Waals surface area contributed by atoms with Crippen LogP contribution in [0.5, 0.6) is 0 Å². The third-order valence-electron chi connectivity index (χ3n) is 9.46. The lowest BCUT2D eigenvalue weighted by atomic mass is 10.1. The van der Waals surface area contributed by atoms with Crippen LogP contribution in [0.25, 0.3) is 23.4 Å². The molecule has 0 radical (unpaired) electrons. The molecule has 17 nitrogen and oxygen atoms in total. The fourth-order valence-electron chi connectivity index (χ4n) is 6.46. The number of hydrogen-bond acceptors (Lipinski definition) is 12. The van der Waals surface area contributed by atoms with E-state index in [9.17, 15) is 24.0 Å². The van der Waals surface area contributed by atoms with Gasteiger partial charge in [0.05, 0.1) is 35.9 Å². The zero-order chi connectivity index (χ0) is 41.7. The molecule has 0 spiro atoms. The highest BCUT2D eigenvalue weighted by Gasteiger charge is 2.38. The van der Waals surface area contributed by atoms with E-state index in [0.717, 1.165) is 42.8 Å². The van der Waals surface area contributed by atoms with E-state index in [2.05, 4.69) is 36.4 Å². The van der Waals surface area contributed by atoms with Gasteiger partial charge in [0.25, 0.3) is 11.8 Å². The maximum Gasteiger partial charge on any atom is 0.416 e. The molecule has 4 aliphatic rings. The summed E-state index contributed by atoms with van der Waals surface area (Å²) in [6.07, 6.45) is 9.87. The molecular weight excluding hydrogens is 801 g/mol. The molecule has 4 N–H and O–H groups in total. The van der Waals surface area contributed by atoms with Crippen LogP contribution in [0.15, 0.2) is 53.9 Å². The number of carbonyl (C=O) groups is 5. The quantitative estimate of drug-likeness (QED) is 0.0788. The number of rotatable bonds is 8. The van der Waals surface area contributed by atoms with Gasteiger partial charge in [0.1, 0.15) is 28.2 Å². The Morgan fingerprint density at radius 3 is 2.03 bits per heavy atom. The summed E-state index contributed by atoms with van der Waals surface area (Å²) in [5.41, 5.74) is 4.03. The number of hydrogen-bond donors (Lipinski definition) is 4. The first-order valence-electron chi connectivity index (χ1n) is 18.9. The minimum atomic E-state index is -0.651. The number of imide groups is 2. The van der Waals surface area contributed by atoms with Crippen molar-refractivity contribution >= 4 is 99.5 Å². The Kier molecular flexibility index (Phi) is 10.3. The second-order valence-electron chi connectivity index (χ2n) is 15.7. The summed E-state index contributed by atoms with van der Waals surface area (Å²) >= 11 is 12.6. The van der Waals surface area contributed by atoms with Crippen LogP contribution in [0.2, 0.25) is 10.2 Å². The Labute approximate surface area is 347 Å². The third kappa shape index (κ3) is 8.90. The minimum absolute atomic E-state index is 0.00393. The number of nitrogens with zero attached hydrogens (tertiary/aromatic N) is 7. The van der Waals surface area contributed by atoms with Crippen LogP contribution < -0.4 is 26.2 Å². The van der Waals surface area contributed by atoms with E-state index in [1.807, 2.05) is 31.2 Å². The molecule has 0 atom stereocenters. The molecule has 2 saturated carbocycles. The van der Waals surface area contributed by atoms with Gasteiger partial charge in [-0.2, -0.15) is 19.2 Å². The first-order chi connectivity index (χ1) is 28.1. The summed E-state index contributed by atoms with van der Waals surface area (Å²) in [4.78, 5) is 70.2. The molecule has 0 unspecified atom stereocenters. The SMILES string of the molecule is CC(C)(C)OC(=O)N(c1cc(Cl)nc2c(/C=C3\CC(=O)NC3=O)cnn12)C1CC1.Cc1ccc(Cl)c(Nc2cc(NC3CC3)n3ncc(/C=C4\CC(=O)NC4=O)c3n2)c1. The highest BCUT2D eigenvalue weighted by atomic mass is 35.5. The van der Waals surface area contributed by atoms with E-state index in [4.69, 9.17) is 32.9 Å². The molecule has 9 rings (SSSR count). The van der Waals surface area contributed by atoms with E-state index < -0.39 is 17.6 Å². The second kappa shape index (κ2) is 15.4. The molecule has 304 valence electrons. The smallest absolute Gasteiger partial charge is 0.416 e. The molecule has 1 aromatic carbocycles. The highest BCUT2D eigenvalue weighted by molar-refractivity contribution is 6.33. The average Bonchev–Trinajstić information content (AvgIpc) is 4.02. The van der Waals surface area contributed by atoms with Crippen molar-refractivity contribution in [2.45, 2.75) is 83.9 Å². The van der Waals surface area contributed by atoms with Gasteiger partial charge >= 0.3 is 6.09 Å². The molecular formula is C40H39Cl2N11O6. The van der Waals surface area contributed by atoms with E-state index in [1.165, 1.54) is 10.7 Å². The van der Waals surface area contributed by atoms with Gasteiger partial charge in [-0.3, -0.25) is 34.7 Å². The van der Waals surface area contributed by atoms with Gasteiger partial charge < -0.3 is 15.4 Å². The van der Waals surface area contributed by atoms with Crippen LogP contribution in [-0.2, 0) is 23.9 Å². The summed E-state index contributed by atoms with van der Waals surface area (Å²) in [5.74, 6) is 0.364. The Bertz CT molecular complexity index is 2650. The molecule has 19 heteroatoms. The summed E-state index contributed by atoms with van der Waals surface area (Å²) in [7, 11) is 0. The Morgan fingerprint density at radius 1 is 0.864 bits per heavy atom. The number of halogens is 2. The lowest BCUT2D eigenvalue weighted by Gasteiger charge is -2.27. The van der Waals surface area contributed by atoms with Crippen LogP contribution >= 0.6 is 23.2 Å². The number of aromatic nitrogens is 6. The van der Waals surface area contributed by atoms with Gasteiger partial charge in [-0.05, 0) is 83.2 Å². The molecule has 0 bridgehead atoms. The first-order valence-corrected chi connectivity index (χ1v) is 19.7. The standard InChI is InChI=1S/C21H19ClN6O2.C19H20ClN5O4/c1-11-2-5-15(22)16(6-11)25-17-9-18(24-14-3-4-14)28-20(26-17)13(10-23-28)7-12-8-19(29)27-21(12)30;1-19(2,3)29-18(28)24(12-4-5-12)15-8-13(20)22-16-11(9-21-25(15)16)6-10-7-14(26)23-17(10)27/h2,5-7,9-10,14,24H,3-4,8H2,1H3,(H,25,26)(H,27,29,30);6,8-9,12H,4-5,7H2,1-3H3,(H,23,26,27)/b12-7+;10-6+. The molecule has 4 aromatic heterocycles. The van der Waals surface area contributed by atoms with Crippen LogP contribution in [0.4, 0.5) is 27.9 Å². The van der Waals surface area contributed by atoms with Crippen LogP contribution in [-0.4, -0.2) is 76.6 Å². The van der Waals surface area contributed by atoms with Crippen molar-refractivity contribution in [2.24, 2.45) is 0 Å². The van der Waals surface area contributed by atoms with Crippen molar-refractivity contribution in [1.29, 1.82) is 0 Å². The molecule has 2 saturated heterocycles. The predicted octanol–water partition coefficient (Wildman–Crippen LogP) is 6.16. The number of ether oxygens (including phenoxy) is 1. The van der Waals surface area contributed by atoms with Crippen molar-refractivity contribution in [2.75, 3.05) is 15.5 Å². The lowest BCUT2D eigenvalue weighted by molar-refractivity contribution is -0.125. The average molecular weight is 841 g/mol.